The Kier molecular flexibility index (Phi) is 3.92. The van der Waals surface area contributed by atoms with Crippen molar-refractivity contribution in [1.29, 1.82) is 0 Å². The molecule has 1 saturated carbocycles. The number of hydrogen-bond acceptors (Lipinski definition) is 2. The van der Waals surface area contributed by atoms with Crippen LogP contribution in [0.15, 0.2) is 18.2 Å². The van der Waals surface area contributed by atoms with E-state index >= 15 is 0 Å². The summed E-state index contributed by atoms with van der Waals surface area (Å²) in [6.45, 7) is 0. The lowest BCUT2D eigenvalue weighted by Gasteiger charge is -2.21. The van der Waals surface area contributed by atoms with E-state index in [1.165, 1.54) is 19.2 Å². The zero-order valence-electron chi connectivity index (χ0n) is 10.9. The van der Waals surface area contributed by atoms with Crippen LogP contribution in [0.4, 0.5) is 13.2 Å². The van der Waals surface area contributed by atoms with Crippen molar-refractivity contribution < 1.29 is 27.8 Å². The summed E-state index contributed by atoms with van der Waals surface area (Å²) in [5.74, 6) is -1.52. The maximum Gasteiger partial charge on any atom is 0.416 e. The molecule has 1 aromatic rings. The van der Waals surface area contributed by atoms with Gasteiger partial charge in [0.05, 0.1) is 19.1 Å². The summed E-state index contributed by atoms with van der Waals surface area (Å²) >= 11 is 0. The van der Waals surface area contributed by atoms with Crippen molar-refractivity contribution >= 4 is 5.97 Å². The number of aliphatic carboxylic acids is 1. The molecule has 0 aromatic heterocycles. The minimum atomic E-state index is -4.52. The summed E-state index contributed by atoms with van der Waals surface area (Å²) in [6.07, 6.45) is -3.24. The van der Waals surface area contributed by atoms with Gasteiger partial charge in [-0.3, -0.25) is 4.79 Å². The van der Waals surface area contributed by atoms with E-state index in [1.54, 1.807) is 0 Å². The van der Waals surface area contributed by atoms with E-state index in [0.717, 1.165) is 18.9 Å². The lowest BCUT2D eigenvalue weighted by atomic mass is 9.87. The number of carboxylic acids is 1. The molecule has 3 nitrogen and oxygen atoms in total. The molecule has 6 heteroatoms. The van der Waals surface area contributed by atoms with Gasteiger partial charge >= 0.3 is 12.1 Å². The molecule has 0 radical (unpaired) electrons. The number of hydrogen-bond donors (Lipinski definition) is 1. The van der Waals surface area contributed by atoms with Crippen molar-refractivity contribution in [3.8, 4) is 5.75 Å². The van der Waals surface area contributed by atoms with Crippen LogP contribution in [0.25, 0.3) is 0 Å². The zero-order valence-corrected chi connectivity index (χ0v) is 10.9. The summed E-state index contributed by atoms with van der Waals surface area (Å²) in [6, 6.07) is 3.72. The molecular formula is C14H15F3O3. The summed E-state index contributed by atoms with van der Waals surface area (Å²) in [5.41, 5.74) is -0.738. The third kappa shape index (κ3) is 3.23. The van der Waals surface area contributed by atoms with Crippen LogP contribution in [-0.4, -0.2) is 18.2 Å². The van der Waals surface area contributed by atoms with Crippen molar-refractivity contribution in [2.24, 2.45) is 5.92 Å². The predicted molar refractivity (Wildman–Crippen MR) is 65.7 cm³/mol. The third-order valence-corrected chi connectivity index (χ3v) is 3.55. The van der Waals surface area contributed by atoms with Crippen molar-refractivity contribution in [3.05, 3.63) is 29.3 Å². The molecule has 1 atom stereocenters. The van der Waals surface area contributed by atoms with Gasteiger partial charge in [-0.05, 0) is 42.4 Å². The average molecular weight is 288 g/mol. The molecule has 0 bridgehead atoms. The van der Waals surface area contributed by atoms with Crippen LogP contribution < -0.4 is 4.74 Å². The molecular weight excluding hydrogens is 273 g/mol. The van der Waals surface area contributed by atoms with E-state index in [-0.39, 0.29) is 23.7 Å². The highest BCUT2D eigenvalue weighted by molar-refractivity contribution is 5.68. The second-order valence-electron chi connectivity index (χ2n) is 4.99. The zero-order chi connectivity index (χ0) is 14.9. The topological polar surface area (TPSA) is 46.5 Å². The number of methoxy groups -OCH3 is 1. The monoisotopic (exact) mass is 288 g/mol. The molecule has 1 aromatic carbocycles. The number of ether oxygens (including phenoxy) is 1. The number of carbonyl (C=O) groups is 1. The minimum Gasteiger partial charge on any atom is -0.497 e. The summed E-state index contributed by atoms with van der Waals surface area (Å²) < 4.78 is 44.3. The van der Waals surface area contributed by atoms with Gasteiger partial charge < -0.3 is 9.84 Å². The van der Waals surface area contributed by atoms with E-state index in [2.05, 4.69) is 0 Å². The van der Waals surface area contributed by atoms with Gasteiger partial charge in [0.1, 0.15) is 5.75 Å². The van der Waals surface area contributed by atoms with E-state index in [0.29, 0.717) is 0 Å². The first-order valence-corrected chi connectivity index (χ1v) is 6.30. The molecule has 110 valence electrons. The molecule has 1 aliphatic carbocycles. The van der Waals surface area contributed by atoms with Crippen molar-refractivity contribution in [3.63, 3.8) is 0 Å². The molecule has 0 aliphatic heterocycles. The Balaban J connectivity index is 2.45. The molecule has 0 spiro atoms. The Labute approximate surface area is 114 Å². The number of carboxylic acid groups (broad SMARTS) is 1. The van der Waals surface area contributed by atoms with Crippen LogP contribution in [0.5, 0.6) is 5.75 Å². The van der Waals surface area contributed by atoms with Crippen LogP contribution in [0.1, 0.15) is 36.3 Å². The normalized spacial score (nSPS) is 16.8. The lowest BCUT2D eigenvalue weighted by molar-refractivity contribution is -0.140. The molecule has 20 heavy (non-hydrogen) atoms. The largest absolute Gasteiger partial charge is 0.497 e. The number of alkyl halides is 3. The molecule has 1 unspecified atom stereocenters. The second kappa shape index (κ2) is 5.34. The maximum atomic E-state index is 13.1. The van der Waals surface area contributed by atoms with Gasteiger partial charge in [0.25, 0.3) is 0 Å². The lowest BCUT2D eigenvalue weighted by Crippen LogP contribution is -2.16. The fraction of sp³-hybridized carbons (Fsp3) is 0.500. The fourth-order valence-electron chi connectivity index (χ4n) is 2.45. The minimum absolute atomic E-state index is 0.0283. The Hall–Kier alpha value is -1.72. The van der Waals surface area contributed by atoms with Crippen LogP contribution in [0, 0.1) is 5.92 Å². The molecule has 0 saturated heterocycles. The van der Waals surface area contributed by atoms with Crippen LogP contribution in [0.2, 0.25) is 0 Å². The molecule has 2 rings (SSSR count). The Bertz CT molecular complexity index is 507. The SMILES string of the molecule is COc1ccc(C(CC(=O)O)C2CC2)c(C(F)(F)F)c1. The third-order valence-electron chi connectivity index (χ3n) is 3.55. The van der Waals surface area contributed by atoms with E-state index in [9.17, 15) is 18.0 Å². The first-order chi connectivity index (χ1) is 9.32. The molecule has 0 heterocycles. The number of rotatable bonds is 5. The average Bonchev–Trinajstić information content (AvgIpc) is 3.18. The number of halogens is 3. The van der Waals surface area contributed by atoms with Gasteiger partial charge in [-0.1, -0.05) is 6.07 Å². The smallest absolute Gasteiger partial charge is 0.416 e. The second-order valence-corrected chi connectivity index (χ2v) is 4.99. The summed E-state index contributed by atoms with van der Waals surface area (Å²) in [4.78, 5) is 10.9. The van der Waals surface area contributed by atoms with Gasteiger partial charge in [0.2, 0.25) is 0 Å². The molecule has 0 amide bonds. The van der Waals surface area contributed by atoms with Gasteiger partial charge in [-0.25, -0.2) is 0 Å². The first kappa shape index (κ1) is 14.7. The molecule has 1 fully saturated rings. The maximum absolute atomic E-state index is 13.1. The van der Waals surface area contributed by atoms with Crippen molar-refractivity contribution in [2.75, 3.05) is 7.11 Å². The fourth-order valence-corrected chi connectivity index (χ4v) is 2.45. The van der Waals surface area contributed by atoms with Crippen LogP contribution >= 0.6 is 0 Å². The van der Waals surface area contributed by atoms with Gasteiger partial charge in [0, 0.05) is 0 Å². The Morgan fingerprint density at radius 3 is 2.55 bits per heavy atom. The highest BCUT2D eigenvalue weighted by Crippen LogP contribution is 2.48. The van der Waals surface area contributed by atoms with Gasteiger partial charge in [-0.2, -0.15) is 13.2 Å². The van der Waals surface area contributed by atoms with E-state index < -0.39 is 23.6 Å². The van der Waals surface area contributed by atoms with Gasteiger partial charge in [-0.15, -0.1) is 0 Å². The van der Waals surface area contributed by atoms with Crippen LogP contribution in [-0.2, 0) is 11.0 Å². The highest BCUT2D eigenvalue weighted by atomic mass is 19.4. The quantitative estimate of drug-likeness (QED) is 0.899. The standard InChI is InChI=1S/C14H15F3O3/c1-20-9-4-5-10(12(6-9)14(15,16)17)11(7-13(18)19)8-2-3-8/h4-6,8,11H,2-3,7H2,1H3,(H,18,19). The van der Waals surface area contributed by atoms with Crippen LogP contribution in [0.3, 0.4) is 0 Å². The molecule has 1 N–H and O–H groups in total. The van der Waals surface area contributed by atoms with E-state index in [1.807, 2.05) is 0 Å². The van der Waals surface area contributed by atoms with Gasteiger partial charge in [0.15, 0.2) is 0 Å². The highest BCUT2D eigenvalue weighted by Gasteiger charge is 2.41. The first-order valence-electron chi connectivity index (χ1n) is 6.30. The summed E-state index contributed by atoms with van der Waals surface area (Å²) in [5, 5.41) is 8.91. The Morgan fingerprint density at radius 1 is 1.45 bits per heavy atom. The van der Waals surface area contributed by atoms with Crippen molar-refractivity contribution in [1.82, 2.24) is 0 Å². The summed E-state index contributed by atoms with van der Waals surface area (Å²) in [7, 11) is 1.30. The number of benzene rings is 1. The predicted octanol–water partition coefficient (Wildman–Crippen LogP) is 3.68. The Morgan fingerprint density at radius 2 is 2.10 bits per heavy atom. The van der Waals surface area contributed by atoms with Crippen molar-refractivity contribution in [2.45, 2.75) is 31.4 Å². The molecule has 1 aliphatic rings. The van der Waals surface area contributed by atoms with E-state index in [4.69, 9.17) is 9.84 Å².